The van der Waals surface area contributed by atoms with Crippen LogP contribution in [0.5, 0.6) is 0 Å². The topological polar surface area (TPSA) is 77.0 Å². The maximum Gasteiger partial charge on any atom is 0.222 e. The lowest BCUT2D eigenvalue weighted by Gasteiger charge is -2.20. The van der Waals surface area contributed by atoms with Gasteiger partial charge in [-0.3, -0.25) is 9.79 Å². The first-order chi connectivity index (χ1) is 9.56. The highest BCUT2D eigenvalue weighted by molar-refractivity contribution is 5.81. The highest BCUT2D eigenvalue weighted by atomic mass is 16.3. The van der Waals surface area contributed by atoms with Gasteiger partial charge in [0.05, 0.1) is 12.6 Å². The molecule has 1 saturated heterocycles. The number of aliphatic hydroxyl groups excluding tert-OH is 1. The SMILES string of the molecule is CCNC(=NCCC(=O)NC(C)CC)N1CC[C@@H](O)C1. The number of carbonyl (C=O) groups excluding carboxylic acids is 1. The summed E-state index contributed by atoms with van der Waals surface area (Å²) in [5.74, 6) is 0.834. The number of nitrogens with one attached hydrogen (secondary N) is 2. The number of nitrogens with zero attached hydrogens (tertiary/aromatic N) is 2. The van der Waals surface area contributed by atoms with E-state index in [1.807, 2.05) is 25.7 Å². The van der Waals surface area contributed by atoms with Crippen LogP contribution in [-0.2, 0) is 4.79 Å². The molecular weight excluding hydrogens is 256 g/mol. The van der Waals surface area contributed by atoms with Gasteiger partial charge in [0.2, 0.25) is 5.91 Å². The van der Waals surface area contributed by atoms with Crippen molar-refractivity contribution in [2.75, 3.05) is 26.2 Å². The van der Waals surface area contributed by atoms with Crippen molar-refractivity contribution < 1.29 is 9.90 Å². The van der Waals surface area contributed by atoms with Gasteiger partial charge in [0.1, 0.15) is 0 Å². The van der Waals surface area contributed by atoms with E-state index in [2.05, 4.69) is 15.6 Å². The molecule has 0 aromatic heterocycles. The summed E-state index contributed by atoms with van der Waals surface area (Å²) in [7, 11) is 0. The number of rotatable bonds is 6. The molecule has 6 nitrogen and oxygen atoms in total. The maximum atomic E-state index is 11.7. The largest absolute Gasteiger partial charge is 0.391 e. The van der Waals surface area contributed by atoms with Crippen LogP contribution in [0.1, 0.15) is 40.0 Å². The van der Waals surface area contributed by atoms with Crippen molar-refractivity contribution in [3.63, 3.8) is 0 Å². The van der Waals surface area contributed by atoms with Crippen LogP contribution < -0.4 is 10.6 Å². The average molecular weight is 284 g/mol. The van der Waals surface area contributed by atoms with Gasteiger partial charge < -0.3 is 20.6 Å². The van der Waals surface area contributed by atoms with Crippen LogP contribution in [0, 0.1) is 0 Å². The molecule has 1 amide bonds. The molecule has 3 N–H and O–H groups in total. The first kappa shape index (κ1) is 16.8. The Kier molecular flexibility index (Phi) is 7.36. The molecule has 1 heterocycles. The zero-order chi connectivity index (χ0) is 15.0. The first-order valence-corrected chi connectivity index (χ1v) is 7.57. The molecule has 1 unspecified atom stereocenters. The number of aliphatic hydroxyl groups is 1. The second-order valence-corrected chi connectivity index (χ2v) is 5.25. The average Bonchev–Trinajstić information content (AvgIpc) is 2.84. The minimum absolute atomic E-state index is 0.0420. The van der Waals surface area contributed by atoms with E-state index in [0.29, 0.717) is 19.5 Å². The molecule has 1 aliphatic heterocycles. The normalized spacial score (nSPS) is 20.9. The Bertz CT molecular complexity index is 333. The molecule has 1 fully saturated rings. The lowest BCUT2D eigenvalue weighted by atomic mass is 10.2. The van der Waals surface area contributed by atoms with Gasteiger partial charge in [-0.05, 0) is 26.7 Å². The Hall–Kier alpha value is -1.30. The smallest absolute Gasteiger partial charge is 0.222 e. The summed E-state index contributed by atoms with van der Waals surface area (Å²) in [6.07, 6.45) is 1.84. The van der Waals surface area contributed by atoms with Gasteiger partial charge in [-0.25, -0.2) is 0 Å². The number of amides is 1. The molecule has 116 valence electrons. The molecule has 2 atom stereocenters. The van der Waals surface area contributed by atoms with Crippen molar-refractivity contribution in [2.45, 2.75) is 52.2 Å². The van der Waals surface area contributed by atoms with Crippen LogP contribution in [0.15, 0.2) is 4.99 Å². The van der Waals surface area contributed by atoms with Crippen LogP contribution in [0.4, 0.5) is 0 Å². The van der Waals surface area contributed by atoms with Crippen molar-refractivity contribution in [1.29, 1.82) is 0 Å². The van der Waals surface area contributed by atoms with Gasteiger partial charge in [-0.1, -0.05) is 6.92 Å². The predicted molar refractivity (Wildman–Crippen MR) is 80.7 cm³/mol. The molecule has 0 saturated carbocycles. The van der Waals surface area contributed by atoms with Crippen LogP contribution >= 0.6 is 0 Å². The standard InChI is InChI=1S/C14H28N4O2/c1-4-11(3)17-13(20)6-8-16-14(15-5-2)18-9-7-12(19)10-18/h11-12,19H,4-10H2,1-3H3,(H,15,16)(H,17,20)/t11?,12-/m1/s1. The van der Waals surface area contributed by atoms with Crippen molar-refractivity contribution >= 4 is 11.9 Å². The van der Waals surface area contributed by atoms with Gasteiger partial charge in [0.15, 0.2) is 5.96 Å². The predicted octanol–water partition coefficient (Wildman–Crippen LogP) is 0.323. The quantitative estimate of drug-likeness (QED) is 0.485. The molecule has 0 aromatic rings. The van der Waals surface area contributed by atoms with Crippen LogP contribution in [0.2, 0.25) is 0 Å². The van der Waals surface area contributed by atoms with E-state index in [1.165, 1.54) is 0 Å². The third-order valence-electron chi connectivity index (χ3n) is 3.42. The number of guanidine groups is 1. The minimum Gasteiger partial charge on any atom is -0.391 e. The van der Waals surface area contributed by atoms with Crippen LogP contribution in [0.25, 0.3) is 0 Å². The zero-order valence-corrected chi connectivity index (χ0v) is 12.9. The summed E-state index contributed by atoms with van der Waals surface area (Å²) < 4.78 is 0. The number of carbonyl (C=O) groups is 1. The Morgan fingerprint density at radius 3 is 2.80 bits per heavy atom. The first-order valence-electron chi connectivity index (χ1n) is 7.57. The van der Waals surface area contributed by atoms with Gasteiger partial charge in [-0.2, -0.15) is 0 Å². The molecule has 1 rings (SSSR count). The van der Waals surface area contributed by atoms with E-state index < -0.39 is 0 Å². The Morgan fingerprint density at radius 2 is 2.25 bits per heavy atom. The van der Waals surface area contributed by atoms with E-state index in [0.717, 1.165) is 31.9 Å². The van der Waals surface area contributed by atoms with E-state index in [1.54, 1.807) is 0 Å². The van der Waals surface area contributed by atoms with E-state index >= 15 is 0 Å². The lowest BCUT2D eigenvalue weighted by Crippen LogP contribution is -2.40. The summed E-state index contributed by atoms with van der Waals surface area (Å²) >= 11 is 0. The van der Waals surface area contributed by atoms with Crippen molar-refractivity contribution in [3.8, 4) is 0 Å². The molecule has 20 heavy (non-hydrogen) atoms. The Labute approximate surface area is 121 Å². The third kappa shape index (κ3) is 5.77. The summed E-state index contributed by atoms with van der Waals surface area (Å²) in [6.45, 7) is 8.73. The molecule has 0 radical (unpaired) electrons. The van der Waals surface area contributed by atoms with Gasteiger partial charge >= 0.3 is 0 Å². The number of likely N-dealkylation sites (tertiary alicyclic amines) is 1. The number of hydrogen-bond donors (Lipinski definition) is 3. The van der Waals surface area contributed by atoms with Crippen LogP contribution in [0.3, 0.4) is 0 Å². The molecule has 0 aliphatic carbocycles. The summed E-state index contributed by atoms with van der Waals surface area (Å²) in [5.41, 5.74) is 0. The molecular formula is C14H28N4O2. The van der Waals surface area contributed by atoms with Crippen molar-refractivity contribution in [3.05, 3.63) is 0 Å². The Balaban J connectivity index is 2.41. The van der Waals surface area contributed by atoms with E-state index in [9.17, 15) is 9.90 Å². The fourth-order valence-corrected chi connectivity index (χ4v) is 2.07. The fraction of sp³-hybridized carbons (Fsp3) is 0.857. The summed E-state index contributed by atoms with van der Waals surface area (Å²) in [5, 5.41) is 15.7. The highest BCUT2D eigenvalue weighted by Crippen LogP contribution is 2.08. The Morgan fingerprint density at radius 1 is 1.50 bits per heavy atom. The van der Waals surface area contributed by atoms with Gasteiger partial charge in [0.25, 0.3) is 0 Å². The highest BCUT2D eigenvalue weighted by Gasteiger charge is 2.22. The van der Waals surface area contributed by atoms with Crippen molar-refractivity contribution in [1.82, 2.24) is 15.5 Å². The summed E-state index contributed by atoms with van der Waals surface area (Å²) in [6, 6.07) is 0.216. The van der Waals surface area contributed by atoms with Gasteiger partial charge in [-0.15, -0.1) is 0 Å². The monoisotopic (exact) mass is 284 g/mol. The molecule has 0 spiro atoms. The number of aliphatic imine (C=N–C) groups is 1. The second-order valence-electron chi connectivity index (χ2n) is 5.25. The zero-order valence-electron chi connectivity index (χ0n) is 12.9. The molecule has 1 aliphatic rings. The molecule has 0 bridgehead atoms. The number of hydrogen-bond acceptors (Lipinski definition) is 3. The minimum atomic E-state index is -0.271. The summed E-state index contributed by atoms with van der Waals surface area (Å²) in [4.78, 5) is 18.2. The van der Waals surface area contributed by atoms with Crippen LogP contribution in [-0.4, -0.2) is 60.2 Å². The molecule has 0 aromatic carbocycles. The van der Waals surface area contributed by atoms with Gasteiger partial charge in [0, 0.05) is 32.1 Å². The maximum absolute atomic E-state index is 11.7. The number of β-amino-alcohol motifs (C(OH)–C–C–N with tert-alkyl or cyclic N) is 1. The second kappa shape index (κ2) is 8.79. The van der Waals surface area contributed by atoms with E-state index in [4.69, 9.17) is 0 Å². The third-order valence-corrected chi connectivity index (χ3v) is 3.42. The van der Waals surface area contributed by atoms with E-state index in [-0.39, 0.29) is 18.1 Å². The fourth-order valence-electron chi connectivity index (χ4n) is 2.07. The van der Waals surface area contributed by atoms with Crippen molar-refractivity contribution in [2.24, 2.45) is 4.99 Å². The lowest BCUT2D eigenvalue weighted by molar-refractivity contribution is -0.121. The molecule has 6 heteroatoms.